The van der Waals surface area contributed by atoms with E-state index in [-0.39, 0.29) is 11.3 Å². The topological polar surface area (TPSA) is 79.2 Å². The molecule has 1 amide bonds. The largest absolute Gasteiger partial charge is 0.351 e. The van der Waals surface area contributed by atoms with Crippen LogP contribution in [-0.2, 0) is 17.3 Å². The SMILES string of the molecule is Cn1cc(SN2CCC(Nc3ncc4c(n3)N(C3CCCC3)C(=O)C43CC3)CC2)cn1. The van der Waals surface area contributed by atoms with Crippen molar-refractivity contribution in [1.82, 2.24) is 24.1 Å². The van der Waals surface area contributed by atoms with E-state index < -0.39 is 0 Å². The lowest BCUT2D eigenvalue weighted by molar-refractivity contribution is -0.120. The number of carbonyl (C=O) groups excluding carboxylic acids is 1. The molecule has 164 valence electrons. The number of nitrogens with one attached hydrogen (secondary N) is 1. The van der Waals surface area contributed by atoms with Crippen molar-refractivity contribution in [3.63, 3.8) is 0 Å². The Balaban J connectivity index is 1.13. The highest BCUT2D eigenvalue weighted by atomic mass is 32.2. The van der Waals surface area contributed by atoms with Crippen LogP contribution < -0.4 is 10.2 Å². The monoisotopic (exact) mass is 439 g/mol. The van der Waals surface area contributed by atoms with Crippen molar-refractivity contribution in [3.05, 3.63) is 24.2 Å². The predicted octanol–water partition coefficient (Wildman–Crippen LogP) is 3.11. The number of aryl methyl sites for hydroxylation is 1. The van der Waals surface area contributed by atoms with Crippen molar-refractivity contribution in [2.24, 2.45) is 7.05 Å². The van der Waals surface area contributed by atoms with Crippen LogP contribution in [0.2, 0.25) is 0 Å². The van der Waals surface area contributed by atoms with E-state index in [4.69, 9.17) is 4.98 Å². The molecule has 3 fully saturated rings. The summed E-state index contributed by atoms with van der Waals surface area (Å²) in [6.45, 7) is 2.02. The summed E-state index contributed by atoms with van der Waals surface area (Å²) in [4.78, 5) is 26.0. The molecule has 0 bridgehead atoms. The van der Waals surface area contributed by atoms with Crippen LogP contribution in [0.3, 0.4) is 0 Å². The highest BCUT2D eigenvalue weighted by molar-refractivity contribution is 7.97. The van der Waals surface area contributed by atoms with E-state index in [1.807, 2.05) is 29.0 Å². The lowest BCUT2D eigenvalue weighted by Gasteiger charge is -2.31. The zero-order valence-electron chi connectivity index (χ0n) is 18.0. The minimum Gasteiger partial charge on any atom is -0.351 e. The molecule has 2 aliphatic heterocycles. The first-order valence-corrected chi connectivity index (χ1v) is 12.3. The maximum atomic E-state index is 13.2. The Morgan fingerprint density at radius 2 is 1.90 bits per heavy atom. The van der Waals surface area contributed by atoms with Gasteiger partial charge in [-0.1, -0.05) is 12.8 Å². The first kappa shape index (κ1) is 19.5. The third-order valence-corrected chi connectivity index (χ3v) is 8.33. The molecular weight excluding hydrogens is 410 g/mol. The van der Waals surface area contributed by atoms with Crippen LogP contribution in [0.15, 0.2) is 23.5 Å². The molecular formula is C22H29N7OS. The summed E-state index contributed by atoms with van der Waals surface area (Å²) in [5.41, 5.74) is 0.767. The minimum atomic E-state index is -0.300. The molecule has 4 heterocycles. The number of amides is 1. The van der Waals surface area contributed by atoms with Crippen LogP contribution in [-0.4, -0.2) is 55.1 Å². The maximum Gasteiger partial charge on any atom is 0.239 e. The predicted molar refractivity (Wildman–Crippen MR) is 120 cm³/mol. The van der Waals surface area contributed by atoms with Gasteiger partial charge in [0, 0.05) is 50.2 Å². The zero-order valence-corrected chi connectivity index (χ0v) is 18.8. The second-order valence-corrected chi connectivity index (χ2v) is 10.6. The summed E-state index contributed by atoms with van der Waals surface area (Å²) in [7, 11) is 1.95. The Bertz CT molecular complexity index is 989. The number of carbonyl (C=O) groups is 1. The molecule has 1 spiro atoms. The average Bonchev–Trinajstić information content (AvgIpc) is 3.08. The van der Waals surface area contributed by atoms with E-state index in [1.165, 1.54) is 17.7 Å². The van der Waals surface area contributed by atoms with Gasteiger partial charge in [0.25, 0.3) is 0 Å². The van der Waals surface area contributed by atoms with Crippen LogP contribution in [0.5, 0.6) is 0 Å². The number of hydrogen-bond acceptors (Lipinski definition) is 7. The normalized spacial score (nSPS) is 23.6. The van der Waals surface area contributed by atoms with Gasteiger partial charge in [-0.25, -0.2) is 9.29 Å². The Hall–Kier alpha value is -2.13. The second kappa shape index (κ2) is 7.48. The van der Waals surface area contributed by atoms with E-state index in [9.17, 15) is 4.79 Å². The molecule has 0 aromatic carbocycles. The van der Waals surface area contributed by atoms with Crippen molar-refractivity contribution in [2.75, 3.05) is 23.3 Å². The number of piperidine rings is 1. The summed E-state index contributed by atoms with van der Waals surface area (Å²) >= 11 is 1.78. The van der Waals surface area contributed by atoms with Gasteiger partial charge in [-0.3, -0.25) is 14.4 Å². The smallest absolute Gasteiger partial charge is 0.239 e. The van der Waals surface area contributed by atoms with E-state index in [2.05, 4.69) is 25.9 Å². The van der Waals surface area contributed by atoms with Gasteiger partial charge in [0.15, 0.2) is 0 Å². The van der Waals surface area contributed by atoms with E-state index in [0.29, 0.717) is 18.0 Å². The molecule has 31 heavy (non-hydrogen) atoms. The van der Waals surface area contributed by atoms with Crippen LogP contribution >= 0.6 is 11.9 Å². The molecule has 2 saturated carbocycles. The first-order valence-electron chi connectivity index (χ1n) is 11.5. The number of fused-ring (bicyclic) bond motifs is 2. The zero-order chi connectivity index (χ0) is 21.0. The van der Waals surface area contributed by atoms with E-state index >= 15 is 0 Å². The van der Waals surface area contributed by atoms with Gasteiger partial charge in [0.1, 0.15) is 5.82 Å². The molecule has 2 aromatic rings. The quantitative estimate of drug-likeness (QED) is 0.717. The van der Waals surface area contributed by atoms with Gasteiger partial charge in [0.05, 0.1) is 16.5 Å². The highest BCUT2D eigenvalue weighted by Crippen LogP contribution is 2.57. The van der Waals surface area contributed by atoms with Crippen molar-refractivity contribution in [2.45, 2.75) is 73.8 Å². The third-order valence-electron chi connectivity index (χ3n) is 7.28. The Kier molecular flexibility index (Phi) is 4.72. The van der Waals surface area contributed by atoms with E-state index in [0.717, 1.165) is 63.0 Å². The second-order valence-electron chi connectivity index (χ2n) is 9.42. The Labute approximate surface area is 186 Å². The van der Waals surface area contributed by atoms with Gasteiger partial charge in [-0.05, 0) is 50.5 Å². The number of nitrogens with zero attached hydrogens (tertiary/aromatic N) is 6. The molecule has 6 rings (SSSR count). The number of hydrogen-bond donors (Lipinski definition) is 1. The number of rotatable bonds is 5. The summed E-state index contributed by atoms with van der Waals surface area (Å²) in [6, 6.07) is 0.678. The summed E-state index contributed by atoms with van der Waals surface area (Å²) < 4.78 is 4.24. The van der Waals surface area contributed by atoms with Crippen molar-refractivity contribution in [1.29, 1.82) is 0 Å². The minimum absolute atomic E-state index is 0.279. The summed E-state index contributed by atoms with van der Waals surface area (Å²) in [6.07, 6.45) is 14.5. The molecule has 2 aliphatic carbocycles. The van der Waals surface area contributed by atoms with Crippen molar-refractivity contribution >= 4 is 29.6 Å². The van der Waals surface area contributed by atoms with Crippen LogP contribution in [0, 0.1) is 0 Å². The van der Waals surface area contributed by atoms with Crippen LogP contribution in [0.25, 0.3) is 0 Å². The fraction of sp³-hybridized carbons (Fsp3) is 0.636. The van der Waals surface area contributed by atoms with Crippen molar-refractivity contribution < 1.29 is 4.79 Å². The highest BCUT2D eigenvalue weighted by Gasteiger charge is 2.61. The van der Waals surface area contributed by atoms with Gasteiger partial charge < -0.3 is 5.32 Å². The van der Waals surface area contributed by atoms with Crippen molar-refractivity contribution in [3.8, 4) is 0 Å². The molecule has 4 aliphatic rings. The van der Waals surface area contributed by atoms with E-state index in [1.54, 1.807) is 11.9 Å². The molecule has 1 N–H and O–H groups in total. The van der Waals surface area contributed by atoms with Gasteiger partial charge in [-0.2, -0.15) is 10.1 Å². The molecule has 9 heteroatoms. The molecule has 8 nitrogen and oxygen atoms in total. The molecule has 1 saturated heterocycles. The number of anilines is 2. The maximum absolute atomic E-state index is 13.2. The Morgan fingerprint density at radius 1 is 1.13 bits per heavy atom. The average molecular weight is 440 g/mol. The molecule has 0 unspecified atom stereocenters. The molecule has 0 atom stereocenters. The number of aromatic nitrogens is 4. The molecule has 2 aromatic heterocycles. The van der Waals surface area contributed by atoms with Crippen LogP contribution in [0.1, 0.15) is 56.9 Å². The van der Waals surface area contributed by atoms with Gasteiger partial charge in [-0.15, -0.1) is 0 Å². The summed E-state index contributed by atoms with van der Waals surface area (Å²) in [5, 5.41) is 7.81. The fourth-order valence-electron chi connectivity index (χ4n) is 5.38. The van der Waals surface area contributed by atoms with Gasteiger partial charge in [0.2, 0.25) is 11.9 Å². The Morgan fingerprint density at radius 3 is 2.58 bits per heavy atom. The first-order chi connectivity index (χ1) is 15.1. The molecule has 0 radical (unpaired) electrons. The standard InChI is InChI=1S/C22H29N7OS/c1-27-14-17(12-24-27)31-28-10-6-15(7-11-28)25-21-23-13-18-19(26-21)29(16-4-2-3-5-16)20(30)22(18)8-9-22/h12-16H,2-11H2,1H3,(H,23,25,26). The van der Waals surface area contributed by atoms with Gasteiger partial charge >= 0.3 is 0 Å². The lowest BCUT2D eigenvalue weighted by atomic mass is 10.0. The fourth-order valence-corrected chi connectivity index (χ4v) is 6.37. The lowest BCUT2D eigenvalue weighted by Crippen LogP contribution is -2.39. The third kappa shape index (κ3) is 3.42. The van der Waals surface area contributed by atoms with Crippen LogP contribution in [0.4, 0.5) is 11.8 Å². The summed E-state index contributed by atoms with van der Waals surface area (Å²) in [5.74, 6) is 1.84.